The highest BCUT2D eigenvalue weighted by Crippen LogP contribution is 2.22. The smallest absolute Gasteiger partial charge is 0.323 e. The molecule has 2 heterocycles. The molecule has 104 valence electrons. The standard InChI is InChI=1S/C15H17N3OS/c19-15(18-8-4-5-9-18)17-14-16-11-13(20-14)10-12-6-2-1-3-7-12/h1-3,6-7,11H,4-5,8-10H2,(H,16,17,19). The predicted octanol–water partition coefficient (Wildman–Crippen LogP) is 3.36. The summed E-state index contributed by atoms with van der Waals surface area (Å²) in [7, 11) is 0. The zero-order valence-corrected chi connectivity index (χ0v) is 12.0. The molecule has 1 aliphatic rings. The van der Waals surface area contributed by atoms with Gasteiger partial charge in [0.15, 0.2) is 5.13 Å². The quantitative estimate of drug-likeness (QED) is 0.940. The van der Waals surface area contributed by atoms with Crippen molar-refractivity contribution in [2.45, 2.75) is 19.3 Å². The Morgan fingerprint density at radius 2 is 2.00 bits per heavy atom. The number of nitrogens with one attached hydrogen (secondary N) is 1. The van der Waals surface area contributed by atoms with Crippen LogP contribution in [0.1, 0.15) is 23.3 Å². The third-order valence-electron chi connectivity index (χ3n) is 3.38. The molecule has 1 fully saturated rings. The number of benzene rings is 1. The molecule has 1 aliphatic heterocycles. The van der Waals surface area contributed by atoms with Gasteiger partial charge in [-0.15, -0.1) is 11.3 Å². The minimum absolute atomic E-state index is 0.0249. The summed E-state index contributed by atoms with van der Waals surface area (Å²) in [5, 5.41) is 3.57. The summed E-state index contributed by atoms with van der Waals surface area (Å²) in [6, 6.07) is 10.3. The Morgan fingerprint density at radius 3 is 2.75 bits per heavy atom. The van der Waals surface area contributed by atoms with E-state index in [9.17, 15) is 4.79 Å². The first kappa shape index (κ1) is 13.1. The van der Waals surface area contributed by atoms with E-state index in [1.54, 1.807) is 11.3 Å². The second-order valence-electron chi connectivity index (χ2n) is 4.92. The van der Waals surface area contributed by atoms with Crippen LogP contribution < -0.4 is 5.32 Å². The molecule has 0 atom stereocenters. The van der Waals surface area contributed by atoms with Crippen molar-refractivity contribution in [2.75, 3.05) is 18.4 Å². The summed E-state index contributed by atoms with van der Waals surface area (Å²) in [5.74, 6) is 0. The van der Waals surface area contributed by atoms with E-state index in [1.165, 1.54) is 5.56 Å². The average molecular weight is 287 g/mol. The van der Waals surface area contributed by atoms with Crippen molar-refractivity contribution < 1.29 is 4.79 Å². The van der Waals surface area contributed by atoms with Gasteiger partial charge in [-0.05, 0) is 18.4 Å². The van der Waals surface area contributed by atoms with Crippen LogP contribution in [0.5, 0.6) is 0 Å². The van der Waals surface area contributed by atoms with E-state index in [0.717, 1.165) is 37.2 Å². The van der Waals surface area contributed by atoms with Crippen LogP contribution in [0.3, 0.4) is 0 Å². The molecule has 0 saturated carbocycles. The molecule has 2 amide bonds. The predicted molar refractivity (Wildman–Crippen MR) is 81.2 cm³/mol. The Labute approximate surface area is 122 Å². The maximum Gasteiger partial charge on any atom is 0.323 e. The van der Waals surface area contributed by atoms with Crippen LogP contribution in [0.4, 0.5) is 9.93 Å². The Hall–Kier alpha value is -1.88. The van der Waals surface area contributed by atoms with Gasteiger partial charge in [-0.2, -0.15) is 0 Å². The molecule has 1 aromatic heterocycles. The van der Waals surface area contributed by atoms with Crippen LogP contribution in [0.2, 0.25) is 0 Å². The lowest BCUT2D eigenvalue weighted by Gasteiger charge is -2.14. The third kappa shape index (κ3) is 3.17. The van der Waals surface area contributed by atoms with E-state index >= 15 is 0 Å². The van der Waals surface area contributed by atoms with Crippen LogP contribution in [-0.4, -0.2) is 29.0 Å². The fourth-order valence-electron chi connectivity index (χ4n) is 2.33. The molecule has 4 nitrogen and oxygen atoms in total. The van der Waals surface area contributed by atoms with Crippen LogP contribution >= 0.6 is 11.3 Å². The second kappa shape index (κ2) is 6.05. The van der Waals surface area contributed by atoms with Crippen molar-refractivity contribution in [2.24, 2.45) is 0 Å². The van der Waals surface area contributed by atoms with Gasteiger partial charge < -0.3 is 4.90 Å². The molecule has 0 radical (unpaired) electrons. The molecule has 20 heavy (non-hydrogen) atoms. The molecular weight excluding hydrogens is 270 g/mol. The van der Waals surface area contributed by atoms with Gasteiger partial charge in [-0.3, -0.25) is 5.32 Å². The zero-order valence-electron chi connectivity index (χ0n) is 11.2. The number of anilines is 1. The first-order chi connectivity index (χ1) is 9.81. The van der Waals surface area contributed by atoms with Crippen molar-refractivity contribution in [1.29, 1.82) is 0 Å². The van der Waals surface area contributed by atoms with Crippen LogP contribution in [-0.2, 0) is 6.42 Å². The molecule has 0 aliphatic carbocycles. The van der Waals surface area contributed by atoms with Crippen LogP contribution in [0.25, 0.3) is 0 Å². The molecule has 2 aromatic rings. The van der Waals surface area contributed by atoms with Crippen molar-refractivity contribution in [3.8, 4) is 0 Å². The number of thiazole rings is 1. The van der Waals surface area contributed by atoms with Gasteiger partial charge in [0.1, 0.15) is 0 Å². The molecule has 3 rings (SSSR count). The fraction of sp³-hybridized carbons (Fsp3) is 0.333. The van der Waals surface area contributed by atoms with Gasteiger partial charge in [-0.1, -0.05) is 30.3 Å². The van der Waals surface area contributed by atoms with Gasteiger partial charge in [0.2, 0.25) is 0 Å². The van der Waals surface area contributed by atoms with E-state index in [4.69, 9.17) is 0 Å². The molecular formula is C15H17N3OS. The lowest BCUT2D eigenvalue weighted by molar-refractivity contribution is 0.222. The topological polar surface area (TPSA) is 45.2 Å². The van der Waals surface area contributed by atoms with Crippen molar-refractivity contribution in [3.05, 3.63) is 47.0 Å². The number of likely N-dealkylation sites (tertiary alicyclic amines) is 1. The largest absolute Gasteiger partial charge is 0.324 e. The molecule has 1 aromatic carbocycles. The number of amides is 2. The molecule has 5 heteroatoms. The number of hydrogen-bond donors (Lipinski definition) is 1. The first-order valence-corrected chi connectivity index (χ1v) is 7.67. The lowest BCUT2D eigenvalue weighted by Crippen LogP contribution is -2.32. The summed E-state index contributed by atoms with van der Waals surface area (Å²) in [6.45, 7) is 1.71. The molecule has 1 saturated heterocycles. The summed E-state index contributed by atoms with van der Waals surface area (Å²) < 4.78 is 0. The number of hydrogen-bond acceptors (Lipinski definition) is 3. The van der Waals surface area contributed by atoms with Gasteiger partial charge in [-0.25, -0.2) is 9.78 Å². The lowest BCUT2D eigenvalue weighted by atomic mass is 10.1. The number of nitrogens with zero attached hydrogens (tertiary/aromatic N) is 2. The highest BCUT2D eigenvalue weighted by Gasteiger charge is 2.18. The number of aromatic nitrogens is 1. The fourth-order valence-corrected chi connectivity index (χ4v) is 3.17. The maximum absolute atomic E-state index is 12.0. The van der Waals surface area contributed by atoms with Crippen LogP contribution in [0, 0.1) is 0 Å². The van der Waals surface area contributed by atoms with Crippen molar-refractivity contribution >= 4 is 22.5 Å². The monoisotopic (exact) mass is 287 g/mol. The third-order valence-corrected chi connectivity index (χ3v) is 4.29. The van der Waals surface area contributed by atoms with Gasteiger partial charge in [0, 0.05) is 30.6 Å². The Kier molecular flexibility index (Phi) is 3.97. The SMILES string of the molecule is O=C(Nc1ncc(Cc2ccccc2)s1)N1CCCC1. The zero-order chi connectivity index (χ0) is 13.8. The highest BCUT2D eigenvalue weighted by atomic mass is 32.1. The van der Waals surface area contributed by atoms with E-state index in [0.29, 0.717) is 5.13 Å². The van der Waals surface area contributed by atoms with Gasteiger partial charge >= 0.3 is 6.03 Å². The summed E-state index contributed by atoms with van der Waals surface area (Å²) in [5.41, 5.74) is 1.26. The number of carbonyl (C=O) groups is 1. The number of urea groups is 1. The van der Waals surface area contributed by atoms with Gasteiger partial charge in [0.05, 0.1) is 0 Å². The summed E-state index contributed by atoms with van der Waals surface area (Å²) in [6.07, 6.45) is 4.91. The minimum atomic E-state index is -0.0249. The Morgan fingerprint density at radius 1 is 1.25 bits per heavy atom. The Balaban J connectivity index is 1.60. The van der Waals surface area contributed by atoms with E-state index in [2.05, 4.69) is 22.4 Å². The normalized spacial score (nSPS) is 14.5. The average Bonchev–Trinajstić information content (AvgIpc) is 3.11. The minimum Gasteiger partial charge on any atom is -0.324 e. The summed E-state index contributed by atoms with van der Waals surface area (Å²) >= 11 is 1.55. The molecule has 0 unspecified atom stereocenters. The van der Waals surface area contributed by atoms with Crippen molar-refractivity contribution in [1.82, 2.24) is 9.88 Å². The Bertz CT molecular complexity index is 576. The number of carbonyl (C=O) groups excluding carboxylic acids is 1. The molecule has 1 N–H and O–H groups in total. The first-order valence-electron chi connectivity index (χ1n) is 6.86. The van der Waals surface area contributed by atoms with Gasteiger partial charge in [0.25, 0.3) is 0 Å². The highest BCUT2D eigenvalue weighted by molar-refractivity contribution is 7.15. The number of rotatable bonds is 3. The van der Waals surface area contributed by atoms with E-state index in [1.807, 2.05) is 29.3 Å². The molecule has 0 bridgehead atoms. The second-order valence-corrected chi connectivity index (χ2v) is 6.03. The maximum atomic E-state index is 12.0. The molecule has 0 spiro atoms. The summed E-state index contributed by atoms with van der Waals surface area (Å²) in [4.78, 5) is 19.3. The van der Waals surface area contributed by atoms with Crippen molar-refractivity contribution in [3.63, 3.8) is 0 Å². The van der Waals surface area contributed by atoms with E-state index < -0.39 is 0 Å². The van der Waals surface area contributed by atoms with E-state index in [-0.39, 0.29) is 6.03 Å². The van der Waals surface area contributed by atoms with Crippen LogP contribution in [0.15, 0.2) is 36.5 Å².